The van der Waals surface area contributed by atoms with Gasteiger partial charge in [0.25, 0.3) is 0 Å². The minimum atomic E-state index is -0.579. The average Bonchev–Trinajstić information content (AvgIpc) is 2.72. The van der Waals surface area contributed by atoms with Crippen molar-refractivity contribution in [2.24, 2.45) is 0 Å². The number of nitrogens with one attached hydrogen (secondary N) is 1. The van der Waals surface area contributed by atoms with Crippen molar-refractivity contribution in [2.75, 3.05) is 26.3 Å². The number of hydrogen-bond acceptors (Lipinski definition) is 3. The zero-order chi connectivity index (χ0) is 19.9. The molecule has 28 heavy (non-hydrogen) atoms. The number of rotatable bonds is 7. The molecule has 0 amide bonds. The Bertz CT molecular complexity index is 772. The van der Waals surface area contributed by atoms with E-state index in [9.17, 15) is 8.78 Å². The van der Waals surface area contributed by atoms with Gasteiger partial charge in [-0.15, -0.1) is 0 Å². The minimum absolute atomic E-state index is 0.0510. The van der Waals surface area contributed by atoms with E-state index in [0.29, 0.717) is 5.70 Å². The van der Waals surface area contributed by atoms with Crippen molar-refractivity contribution in [2.45, 2.75) is 32.2 Å². The monoisotopic (exact) mass is 386 g/mol. The van der Waals surface area contributed by atoms with Crippen LogP contribution in [0.1, 0.15) is 31.7 Å². The van der Waals surface area contributed by atoms with Gasteiger partial charge in [-0.05, 0) is 55.2 Å². The molecule has 1 fully saturated rings. The molecule has 3 rings (SSSR count). The molecule has 1 aromatic carbocycles. The highest BCUT2D eigenvalue weighted by Crippen LogP contribution is 2.25. The first-order valence-electron chi connectivity index (χ1n) is 9.89. The zero-order valence-electron chi connectivity index (χ0n) is 16.4. The topological polar surface area (TPSA) is 24.5 Å². The van der Waals surface area contributed by atoms with E-state index >= 15 is 0 Å². The molecule has 1 saturated heterocycles. The molecule has 150 valence electrons. The molecular weight excluding hydrogens is 358 g/mol. The fraction of sp³-hybridized carbons (Fsp3) is 0.391. The van der Waals surface area contributed by atoms with E-state index in [1.54, 1.807) is 6.08 Å². The first-order valence-corrected chi connectivity index (χ1v) is 9.89. The lowest BCUT2D eigenvalue weighted by Gasteiger charge is -2.33. The van der Waals surface area contributed by atoms with Crippen LogP contribution in [-0.4, -0.2) is 37.2 Å². The van der Waals surface area contributed by atoms with Crippen LogP contribution >= 0.6 is 0 Å². The van der Waals surface area contributed by atoms with Gasteiger partial charge < -0.3 is 15.0 Å². The molecule has 1 aliphatic carbocycles. The van der Waals surface area contributed by atoms with Crippen LogP contribution in [0.2, 0.25) is 0 Å². The molecule has 3 nitrogen and oxygen atoms in total. The largest absolute Gasteiger partial charge is 0.379 e. The van der Waals surface area contributed by atoms with Crippen LogP contribution in [0.25, 0.3) is 6.08 Å². The van der Waals surface area contributed by atoms with E-state index in [2.05, 4.69) is 35.9 Å². The maximum absolute atomic E-state index is 13.8. The fourth-order valence-electron chi connectivity index (χ4n) is 3.60. The molecule has 2 aliphatic rings. The summed E-state index contributed by atoms with van der Waals surface area (Å²) in [5.74, 6) is -1.16. The van der Waals surface area contributed by atoms with Crippen molar-refractivity contribution in [3.05, 3.63) is 77.2 Å². The summed E-state index contributed by atoms with van der Waals surface area (Å²) in [6, 6.07) is 3.96. The third-order valence-corrected chi connectivity index (χ3v) is 5.15. The molecule has 0 saturated carbocycles. The maximum Gasteiger partial charge on any atom is 0.133 e. The molecular formula is C23H28F2N2O. The Morgan fingerprint density at radius 3 is 2.68 bits per heavy atom. The summed E-state index contributed by atoms with van der Waals surface area (Å²) < 4.78 is 33.0. The summed E-state index contributed by atoms with van der Waals surface area (Å²) in [5, 5.41) is 3.39. The molecule has 1 heterocycles. The van der Waals surface area contributed by atoms with Crippen LogP contribution in [-0.2, 0) is 4.74 Å². The van der Waals surface area contributed by atoms with Gasteiger partial charge in [-0.3, -0.25) is 0 Å². The van der Waals surface area contributed by atoms with Crippen molar-refractivity contribution in [3.63, 3.8) is 0 Å². The number of ether oxygens (including phenoxy) is 1. The van der Waals surface area contributed by atoms with Crippen LogP contribution in [0.15, 0.2) is 60.0 Å². The van der Waals surface area contributed by atoms with E-state index in [4.69, 9.17) is 4.74 Å². The third-order valence-electron chi connectivity index (χ3n) is 5.15. The number of nitrogens with zero attached hydrogens (tertiary/aromatic N) is 1. The predicted molar refractivity (Wildman–Crippen MR) is 110 cm³/mol. The van der Waals surface area contributed by atoms with E-state index in [1.807, 2.05) is 0 Å². The SMILES string of the molecule is C=C(/C=C/c1c(F)cccc1F)NC(CC)C1=CCCC(N2CCOCC2)=C1. The second kappa shape index (κ2) is 9.69. The molecule has 1 aliphatic heterocycles. The van der Waals surface area contributed by atoms with Gasteiger partial charge in [0, 0.05) is 30.0 Å². The highest BCUT2D eigenvalue weighted by atomic mass is 19.1. The third kappa shape index (κ3) is 5.10. The Morgan fingerprint density at radius 1 is 1.29 bits per heavy atom. The number of hydrogen-bond donors (Lipinski definition) is 1. The number of morpholine rings is 1. The van der Waals surface area contributed by atoms with Crippen LogP contribution in [0, 0.1) is 11.6 Å². The highest BCUT2D eigenvalue weighted by Gasteiger charge is 2.19. The van der Waals surface area contributed by atoms with Gasteiger partial charge in [-0.25, -0.2) is 8.78 Å². The lowest BCUT2D eigenvalue weighted by molar-refractivity contribution is 0.0519. The second-order valence-electron chi connectivity index (χ2n) is 7.08. The Hall–Kier alpha value is -2.40. The summed E-state index contributed by atoms with van der Waals surface area (Å²) in [6.45, 7) is 9.55. The van der Waals surface area contributed by atoms with Crippen molar-refractivity contribution in [1.82, 2.24) is 10.2 Å². The van der Waals surface area contributed by atoms with Gasteiger partial charge in [0.1, 0.15) is 11.6 Å². The number of benzene rings is 1. The van der Waals surface area contributed by atoms with Gasteiger partial charge in [0.15, 0.2) is 0 Å². The summed E-state index contributed by atoms with van der Waals surface area (Å²) >= 11 is 0. The van der Waals surface area contributed by atoms with E-state index in [-0.39, 0.29) is 11.6 Å². The van der Waals surface area contributed by atoms with Gasteiger partial charge in [-0.1, -0.05) is 25.6 Å². The minimum Gasteiger partial charge on any atom is -0.379 e. The standard InChI is InChI=1S/C23H28F2N2O/c1-3-23(18-6-4-7-19(16-18)27-12-14-28-15-13-27)26-17(2)10-11-20-21(24)8-5-9-22(20)25/h5-6,8-11,16,23,26H,2-4,7,12-15H2,1H3/b11-10+. The van der Waals surface area contributed by atoms with Crippen molar-refractivity contribution in [1.29, 1.82) is 0 Å². The van der Waals surface area contributed by atoms with E-state index in [0.717, 1.165) is 45.6 Å². The predicted octanol–water partition coefficient (Wildman–Crippen LogP) is 4.80. The summed E-state index contributed by atoms with van der Waals surface area (Å²) in [7, 11) is 0. The van der Waals surface area contributed by atoms with Gasteiger partial charge >= 0.3 is 0 Å². The molecule has 1 unspecified atom stereocenters. The first kappa shape index (κ1) is 20.3. The Labute approximate surface area is 166 Å². The second-order valence-corrected chi connectivity index (χ2v) is 7.08. The summed E-state index contributed by atoms with van der Waals surface area (Å²) in [5.41, 5.74) is 3.17. The lowest BCUT2D eigenvalue weighted by Crippen LogP contribution is -2.37. The fourth-order valence-corrected chi connectivity index (χ4v) is 3.60. The van der Waals surface area contributed by atoms with Crippen LogP contribution < -0.4 is 5.32 Å². The first-order chi connectivity index (χ1) is 13.6. The molecule has 0 radical (unpaired) electrons. The smallest absolute Gasteiger partial charge is 0.133 e. The van der Waals surface area contributed by atoms with Crippen molar-refractivity contribution < 1.29 is 13.5 Å². The van der Waals surface area contributed by atoms with Crippen LogP contribution in [0.4, 0.5) is 8.78 Å². The molecule has 1 N–H and O–H groups in total. The highest BCUT2D eigenvalue weighted by molar-refractivity contribution is 5.53. The Kier molecular flexibility index (Phi) is 7.04. The molecule has 0 bridgehead atoms. The van der Waals surface area contributed by atoms with Crippen molar-refractivity contribution in [3.8, 4) is 0 Å². The van der Waals surface area contributed by atoms with Gasteiger partial charge in [-0.2, -0.15) is 0 Å². The van der Waals surface area contributed by atoms with Crippen LogP contribution in [0.5, 0.6) is 0 Å². The summed E-state index contributed by atoms with van der Waals surface area (Å²) in [6.07, 6.45) is 10.5. The molecule has 0 spiro atoms. The molecule has 5 heteroatoms. The normalized spacial score (nSPS) is 18.6. The number of halogens is 2. The van der Waals surface area contributed by atoms with Gasteiger partial charge in [0.05, 0.1) is 19.3 Å². The summed E-state index contributed by atoms with van der Waals surface area (Å²) in [4.78, 5) is 2.40. The maximum atomic E-state index is 13.8. The van der Waals surface area contributed by atoms with Crippen molar-refractivity contribution >= 4 is 6.08 Å². The van der Waals surface area contributed by atoms with Gasteiger partial charge in [0.2, 0.25) is 0 Å². The lowest BCUT2D eigenvalue weighted by atomic mass is 9.95. The molecule has 0 aromatic heterocycles. The van der Waals surface area contributed by atoms with E-state index in [1.165, 1.54) is 35.5 Å². The molecule has 1 aromatic rings. The average molecular weight is 386 g/mol. The molecule has 1 atom stereocenters. The van der Waals surface area contributed by atoms with E-state index < -0.39 is 11.6 Å². The van der Waals surface area contributed by atoms with Crippen LogP contribution in [0.3, 0.4) is 0 Å². The quantitative estimate of drug-likeness (QED) is 0.682. The Morgan fingerprint density at radius 2 is 2.00 bits per heavy atom. The number of allylic oxidation sites excluding steroid dienone is 3. The zero-order valence-corrected chi connectivity index (χ0v) is 16.4. The Balaban J connectivity index is 1.66.